The maximum absolute atomic E-state index is 12.7. The molecule has 4 rings (SSSR count). The van der Waals surface area contributed by atoms with Crippen LogP contribution in [-0.2, 0) is 6.54 Å². The Bertz CT molecular complexity index is 1030. The lowest BCUT2D eigenvalue weighted by Gasteiger charge is -2.33. The van der Waals surface area contributed by atoms with Crippen molar-refractivity contribution in [2.24, 2.45) is 0 Å². The maximum atomic E-state index is 12.7. The molecule has 6 nitrogen and oxygen atoms in total. The molecule has 0 saturated carbocycles. The summed E-state index contributed by atoms with van der Waals surface area (Å²) in [4.78, 5) is 15.2. The molecule has 31 heavy (non-hydrogen) atoms. The highest BCUT2D eigenvalue weighted by molar-refractivity contribution is 5.97. The molecule has 1 atom stereocenters. The molecule has 1 N–H and O–H groups in total. The second-order valence-electron chi connectivity index (χ2n) is 8.42. The van der Waals surface area contributed by atoms with Gasteiger partial charge in [0, 0.05) is 30.1 Å². The van der Waals surface area contributed by atoms with E-state index < -0.39 is 0 Å². The largest absolute Gasteiger partial charge is 0.497 e. The maximum Gasteiger partial charge on any atom is 0.251 e. The smallest absolute Gasteiger partial charge is 0.251 e. The third-order valence-electron chi connectivity index (χ3n) is 6.22. The van der Waals surface area contributed by atoms with Crippen LogP contribution < -0.4 is 10.1 Å². The first-order valence-electron chi connectivity index (χ1n) is 11.2. The lowest BCUT2D eigenvalue weighted by Crippen LogP contribution is -2.39. The van der Waals surface area contributed by atoms with Gasteiger partial charge in [0.1, 0.15) is 5.75 Å². The van der Waals surface area contributed by atoms with Crippen LogP contribution in [0.2, 0.25) is 0 Å². The van der Waals surface area contributed by atoms with E-state index in [-0.39, 0.29) is 5.91 Å². The van der Waals surface area contributed by atoms with Gasteiger partial charge in [-0.05, 0) is 62.6 Å². The quantitative estimate of drug-likeness (QED) is 0.558. The number of benzene rings is 2. The molecule has 1 amide bonds. The summed E-state index contributed by atoms with van der Waals surface area (Å²) in [5, 5.41) is 8.63. The number of carbonyl (C=O) groups excluding carboxylic acids is 1. The van der Waals surface area contributed by atoms with E-state index >= 15 is 0 Å². The Hall–Kier alpha value is -2.86. The van der Waals surface area contributed by atoms with E-state index in [9.17, 15) is 4.79 Å². The fraction of sp³-hybridized carbons (Fsp3) is 0.440. The van der Waals surface area contributed by atoms with Gasteiger partial charge in [-0.2, -0.15) is 5.10 Å². The van der Waals surface area contributed by atoms with Crippen LogP contribution >= 0.6 is 0 Å². The average Bonchev–Trinajstić information content (AvgIpc) is 3.19. The zero-order chi connectivity index (χ0) is 21.6. The number of likely N-dealkylation sites (tertiary alicyclic amines) is 1. The van der Waals surface area contributed by atoms with E-state index in [1.165, 1.54) is 25.8 Å². The van der Waals surface area contributed by atoms with E-state index in [0.717, 1.165) is 35.2 Å². The lowest BCUT2D eigenvalue weighted by molar-refractivity contribution is 0.0949. The fourth-order valence-electron chi connectivity index (χ4n) is 4.36. The number of nitrogens with zero attached hydrogens (tertiary/aromatic N) is 3. The van der Waals surface area contributed by atoms with Crippen LogP contribution in [0.25, 0.3) is 10.9 Å². The summed E-state index contributed by atoms with van der Waals surface area (Å²) in [5.41, 5.74) is 2.73. The van der Waals surface area contributed by atoms with Gasteiger partial charge in [0.25, 0.3) is 5.91 Å². The number of amides is 1. The predicted octanol–water partition coefficient (Wildman–Crippen LogP) is 4.09. The minimum Gasteiger partial charge on any atom is -0.497 e. The Morgan fingerprint density at radius 2 is 2.13 bits per heavy atom. The molecule has 0 unspecified atom stereocenters. The second kappa shape index (κ2) is 9.96. The van der Waals surface area contributed by atoms with Gasteiger partial charge in [0.05, 0.1) is 25.4 Å². The summed E-state index contributed by atoms with van der Waals surface area (Å²) in [6, 6.07) is 14.4. The van der Waals surface area contributed by atoms with Gasteiger partial charge in [-0.15, -0.1) is 0 Å². The molecule has 1 aliphatic heterocycles. The molecule has 0 radical (unpaired) electrons. The third kappa shape index (κ3) is 5.25. The van der Waals surface area contributed by atoms with Crippen molar-refractivity contribution in [2.45, 2.75) is 45.2 Å². The van der Waals surface area contributed by atoms with Gasteiger partial charge in [-0.3, -0.25) is 9.48 Å². The van der Waals surface area contributed by atoms with Crippen LogP contribution in [0, 0.1) is 0 Å². The average molecular weight is 421 g/mol. The summed E-state index contributed by atoms with van der Waals surface area (Å²) in [5.74, 6) is 0.802. The molecule has 3 aromatic rings. The Kier molecular flexibility index (Phi) is 6.87. The van der Waals surface area contributed by atoms with Crippen LogP contribution in [0.1, 0.15) is 48.5 Å². The van der Waals surface area contributed by atoms with E-state index in [2.05, 4.69) is 28.3 Å². The van der Waals surface area contributed by atoms with Crippen molar-refractivity contribution in [3.63, 3.8) is 0 Å². The first-order chi connectivity index (χ1) is 15.1. The molecule has 6 heteroatoms. The second-order valence-corrected chi connectivity index (χ2v) is 8.42. The monoisotopic (exact) mass is 420 g/mol. The number of hydrogen-bond acceptors (Lipinski definition) is 4. The molecule has 0 bridgehead atoms. The number of nitrogens with one attached hydrogen (secondary N) is 1. The summed E-state index contributed by atoms with van der Waals surface area (Å²) >= 11 is 0. The molecule has 2 aromatic carbocycles. The first-order valence-corrected chi connectivity index (χ1v) is 11.2. The molecule has 2 heterocycles. The van der Waals surface area contributed by atoms with Crippen molar-refractivity contribution >= 4 is 16.8 Å². The minimum absolute atomic E-state index is 0.0253. The third-order valence-corrected chi connectivity index (χ3v) is 6.22. The molecule has 1 aliphatic rings. The summed E-state index contributed by atoms with van der Waals surface area (Å²) in [6.07, 6.45) is 6.74. The number of methoxy groups -OCH3 is 1. The first kappa shape index (κ1) is 21.4. The van der Waals surface area contributed by atoms with Crippen molar-refractivity contribution in [3.05, 3.63) is 59.8 Å². The van der Waals surface area contributed by atoms with Gasteiger partial charge in [-0.1, -0.05) is 24.6 Å². The number of fused-ring (bicyclic) bond motifs is 1. The summed E-state index contributed by atoms with van der Waals surface area (Å²) < 4.78 is 7.25. The van der Waals surface area contributed by atoms with E-state index in [1.54, 1.807) is 7.11 Å². The number of hydrogen-bond donors (Lipinski definition) is 1. The molecule has 1 fully saturated rings. The van der Waals surface area contributed by atoms with Crippen LogP contribution in [0.15, 0.2) is 48.7 Å². The van der Waals surface area contributed by atoms with E-state index in [0.29, 0.717) is 24.7 Å². The fourth-order valence-corrected chi connectivity index (χ4v) is 4.36. The number of ether oxygens (including phenoxy) is 1. The van der Waals surface area contributed by atoms with Crippen molar-refractivity contribution in [3.8, 4) is 5.75 Å². The zero-order valence-electron chi connectivity index (χ0n) is 18.5. The van der Waals surface area contributed by atoms with Crippen molar-refractivity contribution in [2.75, 3.05) is 26.7 Å². The highest BCUT2D eigenvalue weighted by Gasteiger charge is 2.17. The standard InChI is InChI=1S/C25H32N4O2/c1-19-7-3-4-13-28(19)14-6-12-26-25(30)21-10-11-22-17-27-29(24(22)16-21)18-20-8-5-9-23(15-20)31-2/h5,8-11,15-17,19H,3-4,6-7,12-14,18H2,1-2H3,(H,26,30)/t19-/m1/s1. The summed E-state index contributed by atoms with van der Waals surface area (Å²) in [6.45, 7) is 5.86. The van der Waals surface area contributed by atoms with Crippen molar-refractivity contribution in [1.82, 2.24) is 20.0 Å². The molecule has 164 valence electrons. The van der Waals surface area contributed by atoms with Gasteiger partial charge in [0.2, 0.25) is 0 Å². The lowest BCUT2D eigenvalue weighted by atomic mass is 10.0. The number of piperidine rings is 1. The van der Waals surface area contributed by atoms with Gasteiger partial charge < -0.3 is 15.0 Å². The SMILES string of the molecule is COc1cccc(Cn2ncc3ccc(C(=O)NCCCN4CCCC[C@H]4C)cc32)c1. The highest BCUT2D eigenvalue weighted by Crippen LogP contribution is 2.19. The Labute approximate surface area is 184 Å². The highest BCUT2D eigenvalue weighted by atomic mass is 16.5. The molecule has 0 aliphatic carbocycles. The van der Waals surface area contributed by atoms with Crippen LogP contribution in [0.5, 0.6) is 5.75 Å². The number of rotatable bonds is 8. The van der Waals surface area contributed by atoms with Crippen LogP contribution in [-0.4, -0.2) is 53.4 Å². The normalized spacial score (nSPS) is 17.0. The molecule has 0 spiro atoms. The van der Waals surface area contributed by atoms with E-state index in [4.69, 9.17) is 4.74 Å². The van der Waals surface area contributed by atoms with Gasteiger partial charge in [0.15, 0.2) is 0 Å². The Morgan fingerprint density at radius 3 is 2.97 bits per heavy atom. The Balaban J connectivity index is 1.37. The number of aromatic nitrogens is 2. The van der Waals surface area contributed by atoms with Crippen molar-refractivity contribution < 1.29 is 9.53 Å². The van der Waals surface area contributed by atoms with Crippen LogP contribution in [0.4, 0.5) is 0 Å². The van der Waals surface area contributed by atoms with E-state index in [1.807, 2.05) is 47.3 Å². The molecule has 1 saturated heterocycles. The molecular formula is C25H32N4O2. The zero-order valence-corrected chi connectivity index (χ0v) is 18.5. The molecule has 1 aromatic heterocycles. The van der Waals surface area contributed by atoms with Gasteiger partial charge in [-0.25, -0.2) is 0 Å². The van der Waals surface area contributed by atoms with Crippen LogP contribution in [0.3, 0.4) is 0 Å². The van der Waals surface area contributed by atoms with Crippen molar-refractivity contribution in [1.29, 1.82) is 0 Å². The van der Waals surface area contributed by atoms with Gasteiger partial charge >= 0.3 is 0 Å². The molecular weight excluding hydrogens is 388 g/mol. The number of carbonyl (C=O) groups is 1. The minimum atomic E-state index is -0.0253. The Morgan fingerprint density at radius 1 is 1.23 bits per heavy atom. The topological polar surface area (TPSA) is 59.4 Å². The predicted molar refractivity (Wildman–Crippen MR) is 124 cm³/mol. The summed E-state index contributed by atoms with van der Waals surface area (Å²) in [7, 11) is 1.67.